The fraction of sp³-hybridized carbons (Fsp3) is 0.250. The number of halogens is 1. The summed E-state index contributed by atoms with van der Waals surface area (Å²) >= 11 is 0. The molecule has 122 valence electrons. The summed E-state index contributed by atoms with van der Waals surface area (Å²) in [4.78, 5) is 15.2. The van der Waals surface area contributed by atoms with E-state index in [1.165, 1.54) is 6.07 Å². The van der Waals surface area contributed by atoms with Crippen LogP contribution in [-0.2, 0) is 11.3 Å². The predicted molar refractivity (Wildman–Crippen MR) is 79.8 cm³/mol. The number of pyridine rings is 1. The Morgan fingerprint density at radius 1 is 1.22 bits per heavy atom. The zero-order chi connectivity index (χ0) is 16.7. The minimum absolute atomic E-state index is 0.102. The van der Waals surface area contributed by atoms with Gasteiger partial charge >= 0.3 is 6.09 Å². The van der Waals surface area contributed by atoms with Crippen LogP contribution in [0.1, 0.15) is 17.4 Å². The lowest BCUT2D eigenvalue weighted by Gasteiger charge is -2.17. The Kier molecular flexibility index (Phi) is 6.02. The van der Waals surface area contributed by atoms with Crippen molar-refractivity contribution in [2.75, 3.05) is 6.54 Å². The van der Waals surface area contributed by atoms with Crippen LogP contribution in [0.5, 0.6) is 0 Å². The van der Waals surface area contributed by atoms with E-state index in [9.17, 15) is 19.4 Å². The summed E-state index contributed by atoms with van der Waals surface area (Å²) in [6.45, 7) is -0.126. The first-order chi connectivity index (χ1) is 11.1. The molecule has 1 aromatic heterocycles. The van der Waals surface area contributed by atoms with Gasteiger partial charge in [0.2, 0.25) is 0 Å². The van der Waals surface area contributed by atoms with Gasteiger partial charge in [0, 0.05) is 6.54 Å². The molecular weight excluding hydrogens is 303 g/mol. The number of nitrogens with one attached hydrogen (secondary N) is 1. The van der Waals surface area contributed by atoms with Crippen LogP contribution >= 0.6 is 0 Å². The summed E-state index contributed by atoms with van der Waals surface area (Å²) < 4.78 is 17.7. The third-order valence-electron chi connectivity index (χ3n) is 3.09. The summed E-state index contributed by atoms with van der Waals surface area (Å²) in [6.07, 6.45) is -2.42. The molecule has 6 nitrogen and oxygen atoms in total. The molecule has 23 heavy (non-hydrogen) atoms. The summed E-state index contributed by atoms with van der Waals surface area (Å²) in [5.41, 5.74) is 0.942. The highest BCUT2D eigenvalue weighted by Crippen LogP contribution is 2.14. The van der Waals surface area contributed by atoms with Gasteiger partial charge in [0.25, 0.3) is 0 Å². The van der Waals surface area contributed by atoms with Crippen molar-refractivity contribution in [3.05, 3.63) is 65.7 Å². The Balaban J connectivity index is 1.75. The van der Waals surface area contributed by atoms with E-state index in [4.69, 9.17) is 4.74 Å². The normalized spacial score (nSPS) is 13.2. The molecule has 0 bridgehead atoms. The molecule has 7 heteroatoms. The van der Waals surface area contributed by atoms with E-state index in [1.807, 2.05) is 30.3 Å². The average Bonchev–Trinajstić information content (AvgIpc) is 2.58. The Hall–Kier alpha value is -2.51. The molecule has 2 rings (SSSR count). The molecular formula is C16H17FN2O4. The summed E-state index contributed by atoms with van der Waals surface area (Å²) in [6, 6.07) is 11.5. The molecule has 1 aromatic carbocycles. The third-order valence-corrected chi connectivity index (χ3v) is 3.09. The van der Waals surface area contributed by atoms with Crippen LogP contribution < -0.4 is 5.32 Å². The van der Waals surface area contributed by atoms with Crippen molar-refractivity contribution in [2.24, 2.45) is 0 Å². The largest absolute Gasteiger partial charge is 0.445 e. The molecule has 2 unspecified atom stereocenters. The van der Waals surface area contributed by atoms with Gasteiger partial charge in [-0.05, 0) is 17.7 Å². The van der Waals surface area contributed by atoms with Crippen LogP contribution in [-0.4, -0.2) is 33.9 Å². The zero-order valence-corrected chi connectivity index (χ0v) is 12.2. The van der Waals surface area contributed by atoms with Crippen molar-refractivity contribution in [3.8, 4) is 0 Å². The standard InChI is InChI=1S/C16H17FN2O4/c17-12-6-7-13(18-8-12)15(21)14(20)9-19-16(22)23-10-11-4-2-1-3-5-11/h1-8,14-15,20-21H,9-10H2,(H,19,22). The molecule has 0 fully saturated rings. The molecule has 0 aliphatic carbocycles. The van der Waals surface area contributed by atoms with E-state index in [-0.39, 0.29) is 18.8 Å². The molecule has 0 aliphatic heterocycles. The van der Waals surface area contributed by atoms with Gasteiger partial charge in [0.1, 0.15) is 24.6 Å². The number of rotatable bonds is 6. The fourth-order valence-corrected chi connectivity index (χ4v) is 1.83. The molecule has 2 atom stereocenters. The smallest absolute Gasteiger partial charge is 0.407 e. The maximum absolute atomic E-state index is 12.7. The first kappa shape index (κ1) is 16.9. The van der Waals surface area contributed by atoms with Gasteiger partial charge in [0.05, 0.1) is 11.9 Å². The Morgan fingerprint density at radius 3 is 2.61 bits per heavy atom. The number of amides is 1. The highest BCUT2D eigenvalue weighted by atomic mass is 19.1. The van der Waals surface area contributed by atoms with Crippen molar-refractivity contribution in [3.63, 3.8) is 0 Å². The second-order valence-corrected chi connectivity index (χ2v) is 4.86. The summed E-state index contributed by atoms with van der Waals surface area (Å²) in [5.74, 6) is -0.543. The number of hydrogen-bond donors (Lipinski definition) is 3. The van der Waals surface area contributed by atoms with Gasteiger partial charge in [-0.3, -0.25) is 4.98 Å². The van der Waals surface area contributed by atoms with E-state index >= 15 is 0 Å². The van der Waals surface area contributed by atoms with E-state index in [1.54, 1.807) is 0 Å². The van der Waals surface area contributed by atoms with E-state index < -0.39 is 24.1 Å². The van der Waals surface area contributed by atoms with Gasteiger partial charge in [-0.25, -0.2) is 9.18 Å². The van der Waals surface area contributed by atoms with E-state index in [0.29, 0.717) is 0 Å². The minimum Gasteiger partial charge on any atom is -0.445 e. The molecule has 0 aliphatic rings. The maximum atomic E-state index is 12.7. The summed E-state index contributed by atoms with van der Waals surface area (Å²) in [5, 5.41) is 22.0. The number of aliphatic hydroxyl groups excluding tert-OH is 2. The van der Waals surface area contributed by atoms with Gasteiger partial charge in [0.15, 0.2) is 0 Å². The molecule has 0 radical (unpaired) electrons. The molecule has 1 amide bonds. The van der Waals surface area contributed by atoms with Crippen molar-refractivity contribution in [1.29, 1.82) is 0 Å². The quantitative estimate of drug-likeness (QED) is 0.751. The third kappa shape index (κ3) is 5.32. The number of carbonyl (C=O) groups is 1. The summed E-state index contributed by atoms with van der Waals surface area (Å²) in [7, 11) is 0. The lowest BCUT2D eigenvalue weighted by Crippen LogP contribution is -2.36. The first-order valence-electron chi connectivity index (χ1n) is 6.98. The molecule has 0 saturated heterocycles. The second-order valence-electron chi connectivity index (χ2n) is 4.86. The molecule has 2 aromatic rings. The Bertz CT molecular complexity index is 622. The van der Waals surface area contributed by atoms with Crippen molar-refractivity contribution in [1.82, 2.24) is 10.3 Å². The predicted octanol–water partition coefficient (Wildman–Crippen LogP) is 1.54. The topological polar surface area (TPSA) is 91.7 Å². The highest BCUT2D eigenvalue weighted by Gasteiger charge is 2.20. The lowest BCUT2D eigenvalue weighted by atomic mass is 10.1. The maximum Gasteiger partial charge on any atom is 0.407 e. The van der Waals surface area contributed by atoms with Crippen LogP contribution in [0.3, 0.4) is 0 Å². The van der Waals surface area contributed by atoms with Gasteiger partial charge < -0.3 is 20.3 Å². The number of carbonyl (C=O) groups excluding carboxylic acids is 1. The van der Waals surface area contributed by atoms with E-state index in [0.717, 1.165) is 17.8 Å². The van der Waals surface area contributed by atoms with Crippen LogP contribution in [0.25, 0.3) is 0 Å². The Morgan fingerprint density at radius 2 is 1.96 bits per heavy atom. The van der Waals surface area contributed by atoms with Crippen LogP contribution in [0.4, 0.5) is 9.18 Å². The van der Waals surface area contributed by atoms with Gasteiger partial charge in [-0.2, -0.15) is 0 Å². The van der Waals surface area contributed by atoms with Crippen molar-refractivity contribution >= 4 is 6.09 Å². The minimum atomic E-state index is -1.34. The number of hydrogen-bond acceptors (Lipinski definition) is 5. The number of aromatic nitrogens is 1. The monoisotopic (exact) mass is 320 g/mol. The van der Waals surface area contributed by atoms with Crippen molar-refractivity contribution < 1.29 is 24.1 Å². The van der Waals surface area contributed by atoms with E-state index in [2.05, 4.69) is 10.3 Å². The first-order valence-corrected chi connectivity index (χ1v) is 6.98. The number of aliphatic hydroxyl groups is 2. The number of benzene rings is 1. The van der Waals surface area contributed by atoms with Crippen LogP contribution in [0, 0.1) is 5.82 Å². The van der Waals surface area contributed by atoms with Gasteiger partial charge in [-0.15, -0.1) is 0 Å². The zero-order valence-electron chi connectivity index (χ0n) is 12.2. The molecule has 3 N–H and O–H groups in total. The number of alkyl carbamates (subject to hydrolysis) is 1. The lowest BCUT2D eigenvalue weighted by molar-refractivity contribution is 0.0158. The molecule has 0 spiro atoms. The van der Waals surface area contributed by atoms with Crippen LogP contribution in [0.2, 0.25) is 0 Å². The molecule has 0 saturated carbocycles. The Labute approximate surface area is 132 Å². The fourth-order valence-electron chi connectivity index (χ4n) is 1.83. The highest BCUT2D eigenvalue weighted by molar-refractivity contribution is 5.67. The SMILES string of the molecule is O=C(NCC(O)C(O)c1ccc(F)cn1)OCc1ccccc1. The molecule has 1 heterocycles. The number of nitrogens with zero attached hydrogens (tertiary/aromatic N) is 1. The second kappa shape index (κ2) is 8.21. The number of ether oxygens (including phenoxy) is 1. The average molecular weight is 320 g/mol. The van der Waals surface area contributed by atoms with Crippen molar-refractivity contribution in [2.45, 2.75) is 18.8 Å². The van der Waals surface area contributed by atoms with Gasteiger partial charge in [-0.1, -0.05) is 30.3 Å². The van der Waals surface area contributed by atoms with Crippen LogP contribution in [0.15, 0.2) is 48.7 Å².